The Morgan fingerprint density at radius 3 is 2.18 bits per heavy atom. The number of hydrogen-bond acceptors (Lipinski definition) is 0. The maximum atomic E-state index is 2.39. The van der Waals surface area contributed by atoms with E-state index in [9.17, 15) is 0 Å². The van der Waals surface area contributed by atoms with E-state index >= 15 is 0 Å². The molecule has 2 aliphatic carbocycles. The predicted octanol–water partition coefficient (Wildman–Crippen LogP) is 5.02. The van der Waals surface area contributed by atoms with Crippen molar-refractivity contribution in [3.05, 3.63) is 41.6 Å². The van der Waals surface area contributed by atoms with Crippen molar-refractivity contribution in [2.45, 2.75) is 34.1 Å². The van der Waals surface area contributed by atoms with Crippen molar-refractivity contribution in [3.8, 4) is 0 Å². The molecule has 0 fully saturated rings. The van der Waals surface area contributed by atoms with Crippen molar-refractivity contribution in [1.82, 2.24) is 0 Å². The van der Waals surface area contributed by atoms with Gasteiger partial charge in [-0.15, -0.1) is 24.8 Å². The second-order valence-corrected chi connectivity index (χ2v) is 9.66. The Morgan fingerprint density at radius 2 is 1.76 bits per heavy atom. The van der Waals surface area contributed by atoms with Crippen LogP contribution in [0.15, 0.2) is 41.6 Å². The fourth-order valence-electron chi connectivity index (χ4n) is 2.28. The maximum Gasteiger partial charge on any atom is -0.147 e. The topological polar surface area (TPSA) is 0 Å². The molecule has 0 saturated heterocycles. The summed E-state index contributed by atoms with van der Waals surface area (Å²) >= 11 is -0.691. The number of allylic oxidation sites excluding steroid dienone is 8. The van der Waals surface area contributed by atoms with Crippen LogP contribution in [0.3, 0.4) is 0 Å². The minimum Gasteiger partial charge on any atom is -0.147 e. The second-order valence-electron chi connectivity index (χ2n) is 4.52. The van der Waals surface area contributed by atoms with Crippen molar-refractivity contribution >= 4 is 24.8 Å². The molecule has 0 aliphatic heterocycles. The number of halogens is 2. The van der Waals surface area contributed by atoms with Crippen molar-refractivity contribution in [2.75, 3.05) is 0 Å². The van der Waals surface area contributed by atoms with E-state index in [0.29, 0.717) is 0 Å². The third kappa shape index (κ3) is 3.45. The summed E-state index contributed by atoms with van der Waals surface area (Å²) in [6.07, 6.45) is 8.12. The molecule has 0 saturated carbocycles. The monoisotopic (exact) mass is 438 g/mol. The Hall–Kier alpha value is 0.410. The molecule has 0 spiro atoms. The van der Waals surface area contributed by atoms with Gasteiger partial charge in [0, 0.05) is 0 Å². The van der Waals surface area contributed by atoms with Gasteiger partial charge in [-0.05, 0) is 0 Å². The molecule has 0 amide bonds. The first-order chi connectivity index (χ1) is 7.11. The average Bonchev–Trinajstić information content (AvgIpc) is 2.79. The summed E-state index contributed by atoms with van der Waals surface area (Å²) in [5.74, 6) is 0.745. The Balaban J connectivity index is 0.00000128. The third-order valence-corrected chi connectivity index (χ3v) is 10.1. The number of rotatable bonds is 2. The van der Waals surface area contributed by atoms with Gasteiger partial charge in [0.15, 0.2) is 0 Å². The van der Waals surface area contributed by atoms with Gasteiger partial charge in [0.2, 0.25) is 0 Å². The van der Waals surface area contributed by atoms with Gasteiger partial charge >= 0.3 is 105 Å². The molecular weight excluding hydrogens is 418 g/mol. The van der Waals surface area contributed by atoms with E-state index in [2.05, 4.69) is 45.9 Å². The molecule has 17 heavy (non-hydrogen) atoms. The molecule has 0 bridgehead atoms. The van der Waals surface area contributed by atoms with E-state index in [1.165, 1.54) is 6.42 Å². The van der Waals surface area contributed by atoms with Crippen molar-refractivity contribution in [3.63, 3.8) is 0 Å². The Labute approximate surface area is 129 Å². The van der Waals surface area contributed by atoms with Gasteiger partial charge in [-0.2, -0.15) is 0 Å². The fraction of sp³-hybridized carbons (Fsp3) is 0.429. The molecule has 1 atom stereocenters. The van der Waals surface area contributed by atoms with Crippen molar-refractivity contribution in [1.29, 1.82) is 0 Å². The van der Waals surface area contributed by atoms with E-state index in [-0.39, 0.29) is 24.8 Å². The fourth-order valence-corrected chi connectivity index (χ4v) is 7.86. The first-order valence-corrected chi connectivity index (χ1v) is 9.21. The summed E-state index contributed by atoms with van der Waals surface area (Å²) < 4.78 is 3.60. The summed E-state index contributed by atoms with van der Waals surface area (Å²) in [6, 6.07) is 0. The van der Waals surface area contributed by atoms with Crippen LogP contribution in [-0.2, 0) is 22.9 Å². The van der Waals surface area contributed by atoms with E-state index in [4.69, 9.17) is 0 Å². The van der Waals surface area contributed by atoms with Crippen LogP contribution >= 0.6 is 24.8 Å². The van der Waals surface area contributed by atoms with Crippen LogP contribution in [0.25, 0.3) is 0 Å². The van der Waals surface area contributed by atoms with Gasteiger partial charge in [0.25, 0.3) is 0 Å². The standard InChI is InChI=1S/C9H13.C5H5.2ClH.Hf/c1-6-5-7(2)9(4)8(6)3;1-2-4-5-3-1;;;/h6H,1-4H3;1-3H,4H2;2*1H;. The Bertz CT molecular complexity index is 414. The van der Waals surface area contributed by atoms with Crippen LogP contribution in [0.1, 0.15) is 34.1 Å². The molecule has 94 valence electrons. The molecule has 0 aromatic carbocycles. The molecule has 2 rings (SSSR count). The van der Waals surface area contributed by atoms with E-state index in [1.807, 2.05) is 3.33 Å². The average molecular weight is 438 g/mol. The first kappa shape index (κ1) is 17.4. The van der Waals surface area contributed by atoms with Gasteiger partial charge < -0.3 is 0 Å². The van der Waals surface area contributed by atoms with Crippen LogP contribution < -0.4 is 0 Å². The normalized spacial score (nSPS) is 22.4. The van der Waals surface area contributed by atoms with Gasteiger partial charge in [-0.25, -0.2) is 0 Å². The van der Waals surface area contributed by atoms with Gasteiger partial charge in [0.1, 0.15) is 0 Å². The molecule has 3 heteroatoms. The molecule has 0 aromatic rings. The minimum atomic E-state index is -0.691. The van der Waals surface area contributed by atoms with E-state index in [0.717, 1.165) is 5.92 Å². The zero-order valence-corrected chi connectivity index (χ0v) is 16.1. The zero-order chi connectivity index (χ0) is 11.0. The molecule has 2 aliphatic rings. The van der Waals surface area contributed by atoms with Crippen molar-refractivity contribution in [2.24, 2.45) is 5.92 Å². The van der Waals surface area contributed by atoms with Crippen molar-refractivity contribution < 1.29 is 22.9 Å². The van der Waals surface area contributed by atoms with Gasteiger partial charge in [-0.3, -0.25) is 0 Å². The summed E-state index contributed by atoms with van der Waals surface area (Å²) in [6.45, 7) is 9.31. The summed E-state index contributed by atoms with van der Waals surface area (Å²) in [7, 11) is 0. The molecule has 0 heterocycles. The smallest absolute Gasteiger partial charge is 0.147 e. The van der Waals surface area contributed by atoms with Crippen LogP contribution in [0.2, 0.25) is 0 Å². The number of hydrogen-bond donors (Lipinski definition) is 0. The third-order valence-electron chi connectivity index (χ3n) is 3.71. The van der Waals surface area contributed by atoms with Crippen LogP contribution in [0, 0.1) is 5.92 Å². The molecule has 0 aromatic heterocycles. The molecule has 0 radical (unpaired) electrons. The van der Waals surface area contributed by atoms with Gasteiger partial charge in [0.05, 0.1) is 0 Å². The zero-order valence-electron chi connectivity index (χ0n) is 10.8. The largest absolute Gasteiger partial charge is 0.147 e. The summed E-state index contributed by atoms with van der Waals surface area (Å²) in [4.78, 5) is 0. The second kappa shape index (κ2) is 7.11. The summed E-state index contributed by atoms with van der Waals surface area (Å²) in [5.41, 5.74) is 4.80. The first-order valence-electron chi connectivity index (χ1n) is 5.62. The predicted molar refractivity (Wildman–Crippen MR) is 76.6 cm³/mol. The molecule has 1 unspecified atom stereocenters. The van der Waals surface area contributed by atoms with Gasteiger partial charge in [-0.1, -0.05) is 0 Å². The molecular formula is C14H20Cl2Hf. The van der Waals surface area contributed by atoms with Crippen LogP contribution in [-0.4, -0.2) is 0 Å². The quantitative estimate of drug-likeness (QED) is 0.532. The molecule has 0 N–H and O–H groups in total. The van der Waals surface area contributed by atoms with Crippen LogP contribution in [0.5, 0.6) is 0 Å². The maximum absolute atomic E-state index is 2.39. The Kier molecular flexibility index (Phi) is 7.28. The minimum absolute atomic E-state index is 0. The SMILES string of the molecule is CC1=C(C)C(C)[C]([Hf][C]2=CC=CC2)=C1C.Cl.Cl. The van der Waals surface area contributed by atoms with Crippen LogP contribution in [0.4, 0.5) is 0 Å². The van der Waals surface area contributed by atoms with E-state index in [1.54, 1.807) is 20.0 Å². The van der Waals surface area contributed by atoms with E-state index < -0.39 is 22.9 Å². The summed E-state index contributed by atoms with van der Waals surface area (Å²) in [5, 5.41) is 0. The Morgan fingerprint density at radius 1 is 1.12 bits per heavy atom. The molecule has 0 nitrogen and oxygen atoms in total.